The molecule has 0 spiro atoms. The van der Waals surface area contributed by atoms with Crippen LogP contribution in [-0.4, -0.2) is 43.6 Å². The molecule has 0 radical (unpaired) electrons. The summed E-state index contributed by atoms with van der Waals surface area (Å²) in [6.07, 6.45) is -0.744. The molecule has 0 fully saturated rings. The van der Waals surface area contributed by atoms with Gasteiger partial charge >= 0.3 is 0 Å². The van der Waals surface area contributed by atoms with E-state index in [9.17, 15) is 5.11 Å². The van der Waals surface area contributed by atoms with Crippen molar-refractivity contribution in [3.05, 3.63) is 23.3 Å². The van der Waals surface area contributed by atoms with Crippen LogP contribution in [0.4, 0.5) is 5.69 Å². The summed E-state index contributed by atoms with van der Waals surface area (Å²) in [5, 5.41) is 18.3. The number of aryl methyl sites for hydroxylation is 2. The van der Waals surface area contributed by atoms with Crippen molar-refractivity contribution >= 4 is 5.69 Å². The maximum atomic E-state index is 9.44. The molecule has 2 N–H and O–H groups in total. The Labute approximate surface area is 102 Å². The normalized spacial score (nSPS) is 12.4. The second-order valence-electron chi connectivity index (χ2n) is 4.33. The van der Waals surface area contributed by atoms with Crippen LogP contribution in [0.15, 0.2) is 12.1 Å². The summed E-state index contributed by atoms with van der Waals surface area (Å²) in [6.45, 7) is 4.20. The molecular formula is C13H21NO3. The predicted octanol–water partition coefficient (Wildman–Crippen LogP) is 1.10. The summed E-state index contributed by atoms with van der Waals surface area (Å²) in [6, 6.07) is 4.00. The Morgan fingerprint density at radius 3 is 2.41 bits per heavy atom. The van der Waals surface area contributed by atoms with Crippen molar-refractivity contribution in [1.29, 1.82) is 0 Å². The average Bonchev–Trinajstić information content (AvgIpc) is 2.31. The molecule has 0 aliphatic carbocycles. The van der Waals surface area contributed by atoms with Crippen molar-refractivity contribution < 1.29 is 14.9 Å². The van der Waals surface area contributed by atoms with Gasteiger partial charge in [0.05, 0.1) is 25.5 Å². The smallest absolute Gasteiger partial charge is 0.142 e. The van der Waals surface area contributed by atoms with E-state index in [1.54, 1.807) is 7.11 Å². The maximum absolute atomic E-state index is 9.44. The van der Waals surface area contributed by atoms with Crippen molar-refractivity contribution in [3.8, 4) is 5.75 Å². The van der Waals surface area contributed by atoms with E-state index in [0.717, 1.165) is 11.4 Å². The molecule has 0 aliphatic heterocycles. The molecule has 0 aromatic heterocycles. The van der Waals surface area contributed by atoms with Crippen LogP contribution >= 0.6 is 0 Å². The first-order valence-electron chi connectivity index (χ1n) is 5.65. The van der Waals surface area contributed by atoms with Crippen LogP contribution in [0.1, 0.15) is 11.1 Å². The van der Waals surface area contributed by atoms with Gasteiger partial charge in [0, 0.05) is 13.6 Å². The van der Waals surface area contributed by atoms with Gasteiger partial charge in [0.1, 0.15) is 5.75 Å². The number of ether oxygens (including phenoxy) is 1. The fourth-order valence-electron chi connectivity index (χ4n) is 1.71. The topological polar surface area (TPSA) is 52.9 Å². The molecule has 1 aromatic rings. The highest BCUT2D eigenvalue weighted by Gasteiger charge is 2.13. The lowest BCUT2D eigenvalue weighted by Gasteiger charge is -2.24. The van der Waals surface area contributed by atoms with Gasteiger partial charge in [0.2, 0.25) is 0 Å². The minimum Gasteiger partial charge on any atom is -0.495 e. The summed E-state index contributed by atoms with van der Waals surface area (Å²) in [5.41, 5.74) is 3.26. The highest BCUT2D eigenvalue weighted by molar-refractivity contribution is 5.61. The molecule has 1 unspecified atom stereocenters. The molecule has 0 aliphatic rings. The molecular weight excluding hydrogens is 218 g/mol. The van der Waals surface area contributed by atoms with Crippen molar-refractivity contribution in [2.75, 3.05) is 32.2 Å². The lowest BCUT2D eigenvalue weighted by molar-refractivity contribution is 0.101. The summed E-state index contributed by atoms with van der Waals surface area (Å²) in [7, 11) is 3.50. The Morgan fingerprint density at radius 2 is 1.88 bits per heavy atom. The van der Waals surface area contributed by atoms with Gasteiger partial charge in [-0.1, -0.05) is 0 Å². The van der Waals surface area contributed by atoms with E-state index in [-0.39, 0.29) is 6.61 Å². The number of benzene rings is 1. The van der Waals surface area contributed by atoms with Gasteiger partial charge in [-0.05, 0) is 37.1 Å². The van der Waals surface area contributed by atoms with Crippen LogP contribution < -0.4 is 9.64 Å². The monoisotopic (exact) mass is 239 g/mol. The van der Waals surface area contributed by atoms with Crippen LogP contribution in [-0.2, 0) is 0 Å². The molecule has 0 saturated carbocycles. The molecule has 17 heavy (non-hydrogen) atoms. The molecule has 1 rings (SSSR count). The summed E-state index contributed by atoms with van der Waals surface area (Å²) < 4.78 is 5.33. The average molecular weight is 239 g/mol. The van der Waals surface area contributed by atoms with Crippen molar-refractivity contribution in [2.24, 2.45) is 0 Å². The van der Waals surface area contributed by atoms with Gasteiger partial charge in [-0.3, -0.25) is 0 Å². The molecule has 0 amide bonds. The highest BCUT2D eigenvalue weighted by Crippen LogP contribution is 2.30. The van der Waals surface area contributed by atoms with E-state index in [0.29, 0.717) is 6.54 Å². The number of aliphatic hydroxyl groups is 2. The number of hydrogen-bond donors (Lipinski definition) is 2. The first kappa shape index (κ1) is 13.8. The molecule has 1 atom stereocenters. The van der Waals surface area contributed by atoms with Crippen LogP contribution in [0.5, 0.6) is 5.75 Å². The van der Waals surface area contributed by atoms with Crippen molar-refractivity contribution in [2.45, 2.75) is 20.0 Å². The predicted molar refractivity (Wildman–Crippen MR) is 68.8 cm³/mol. The van der Waals surface area contributed by atoms with Crippen LogP contribution in [0.2, 0.25) is 0 Å². The minimum absolute atomic E-state index is 0.239. The van der Waals surface area contributed by atoms with E-state index in [2.05, 4.69) is 0 Å². The highest BCUT2D eigenvalue weighted by atomic mass is 16.5. The number of anilines is 1. The third-order valence-electron chi connectivity index (χ3n) is 2.90. The lowest BCUT2D eigenvalue weighted by Crippen LogP contribution is -2.31. The zero-order chi connectivity index (χ0) is 13.0. The van der Waals surface area contributed by atoms with Gasteiger partial charge in [0.15, 0.2) is 0 Å². The first-order valence-corrected chi connectivity index (χ1v) is 5.65. The molecule has 4 heteroatoms. The fraction of sp³-hybridized carbons (Fsp3) is 0.538. The van der Waals surface area contributed by atoms with Crippen molar-refractivity contribution in [1.82, 2.24) is 0 Å². The Kier molecular flexibility index (Phi) is 4.78. The van der Waals surface area contributed by atoms with Crippen LogP contribution in [0.25, 0.3) is 0 Å². The van der Waals surface area contributed by atoms with E-state index in [1.807, 2.05) is 37.9 Å². The quantitative estimate of drug-likeness (QED) is 0.808. The number of methoxy groups -OCH3 is 1. The largest absolute Gasteiger partial charge is 0.495 e. The Bertz CT molecular complexity index is 379. The molecule has 0 heterocycles. The summed E-state index contributed by atoms with van der Waals surface area (Å²) in [4.78, 5) is 1.88. The molecule has 4 nitrogen and oxygen atoms in total. The minimum atomic E-state index is -0.744. The Balaban J connectivity index is 2.99. The molecule has 0 bridgehead atoms. The van der Waals surface area contributed by atoms with Gasteiger partial charge in [0.25, 0.3) is 0 Å². The van der Waals surface area contributed by atoms with E-state index in [4.69, 9.17) is 9.84 Å². The maximum Gasteiger partial charge on any atom is 0.142 e. The number of hydrogen-bond acceptors (Lipinski definition) is 4. The molecule has 96 valence electrons. The van der Waals surface area contributed by atoms with Gasteiger partial charge in [-0.25, -0.2) is 0 Å². The molecule has 1 aromatic carbocycles. The zero-order valence-electron chi connectivity index (χ0n) is 10.9. The van der Waals surface area contributed by atoms with E-state index in [1.165, 1.54) is 11.1 Å². The third kappa shape index (κ3) is 3.35. The van der Waals surface area contributed by atoms with Gasteiger partial charge < -0.3 is 19.8 Å². The zero-order valence-corrected chi connectivity index (χ0v) is 10.9. The first-order chi connectivity index (χ1) is 7.99. The fourth-order valence-corrected chi connectivity index (χ4v) is 1.71. The number of rotatable bonds is 5. The second-order valence-corrected chi connectivity index (χ2v) is 4.33. The van der Waals surface area contributed by atoms with Crippen LogP contribution in [0.3, 0.4) is 0 Å². The van der Waals surface area contributed by atoms with E-state index < -0.39 is 6.10 Å². The number of nitrogens with zero attached hydrogens (tertiary/aromatic N) is 1. The Hall–Kier alpha value is -1.26. The Morgan fingerprint density at radius 1 is 1.29 bits per heavy atom. The lowest BCUT2D eigenvalue weighted by atomic mass is 10.1. The van der Waals surface area contributed by atoms with Crippen LogP contribution in [0, 0.1) is 13.8 Å². The van der Waals surface area contributed by atoms with Gasteiger partial charge in [-0.2, -0.15) is 0 Å². The van der Waals surface area contributed by atoms with E-state index >= 15 is 0 Å². The summed E-state index contributed by atoms with van der Waals surface area (Å²) >= 11 is 0. The van der Waals surface area contributed by atoms with Gasteiger partial charge in [-0.15, -0.1) is 0 Å². The van der Waals surface area contributed by atoms with Crippen molar-refractivity contribution in [3.63, 3.8) is 0 Å². The number of aliphatic hydroxyl groups excluding tert-OH is 2. The third-order valence-corrected chi connectivity index (χ3v) is 2.90. The standard InChI is InChI=1S/C13H21NO3/c1-9-5-12(13(17-4)6-10(9)2)14(3)7-11(16)8-15/h5-6,11,15-16H,7-8H2,1-4H3. The summed E-state index contributed by atoms with van der Waals surface area (Å²) in [5.74, 6) is 0.778. The molecule has 0 saturated heterocycles. The number of likely N-dealkylation sites (N-methyl/N-ethyl adjacent to an activating group) is 1. The SMILES string of the molecule is COc1cc(C)c(C)cc1N(C)CC(O)CO. The second kappa shape index (κ2) is 5.89.